The van der Waals surface area contributed by atoms with Crippen LogP contribution in [0.4, 0.5) is 0 Å². The third-order valence-corrected chi connectivity index (χ3v) is 3.95. The topological polar surface area (TPSA) is 26.3 Å². The fourth-order valence-corrected chi connectivity index (χ4v) is 2.80. The number of esters is 1. The van der Waals surface area contributed by atoms with E-state index in [0.29, 0.717) is 5.56 Å². The van der Waals surface area contributed by atoms with Crippen LogP contribution < -0.4 is 0 Å². The van der Waals surface area contributed by atoms with Crippen LogP contribution in [0.1, 0.15) is 15.9 Å². The Bertz CT molecular complexity index is 818. The van der Waals surface area contributed by atoms with E-state index in [0.717, 1.165) is 11.1 Å². The molecule has 0 saturated carbocycles. The Labute approximate surface area is 136 Å². The lowest BCUT2D eigenvalue weighted by Crippen LogP contribution is -2.00. The van der Waals surface area contributed by atoms with Gasteiger partial charge in [-0.25, -0.2) is 4.79 Å². The van der Waals surface area contributed by atoms with Crippen LogP contribution in [0, 0.1) is 6.92 Å². The standard InChI is InChI=1S/C21H18O2/c1-15-7-6-10-19(20(15)17-8-4-3-5-9-17)16-11-13-18(14-12-16)21(22)23-2/h3-14H,1-2H3. The molecule has 0 saturated heterocycles. The highest BCUT2D eigenvalue weighted by Crippen LogP contribution is 2.34. The zero-order valence-electron chi connectivity index (χ0n) is 13.2. The first-order valence-corrected chi connectivity index (χ1v) is 7.54. The lowest BCUT2D eigenvalue weighted by molar-refractivity contribution is 0.0601. The average molecular weight is 302 g/mol. The smallest absolute Gasteiger partial charge is 0.337 e. The van der Waals surface area contributed by atoms with Crippen molar-refractivity contribution in [3.05, 3.63) is 83.9 Å². The average Bonchev–Trinajstić information content (AvgIpc) is 2.61. The van der Waals surface area contributed by atoms with Gasteiger partial charge in [0.25, 0.3) is 0 Å². The van der Waals surface area contributed by atoms with Crippen molar-refractivity contribution in [2.45, 2.75) is 6.92 Å². The molecule has 0 N–H and O–H groups in total. The molecule has 0 unspecified atom stereocenters. The Morgan fingerprint density at radius 1 is 0.783 bits per heavy atom. The lowest BCUT2D eigenvalue weighted by atomic mass is 9.91. The Morgan fingerprint density at radius 3 is 2.13 bits per heavy atom. The fraction of sp³-hybridized carbons (Fsp3) is 0.0952. The summed E-state index contributed by atoms with van der Waals surface area (Å²) >= 11 is 0. The third kappa shape index (κ3) is 3.02. The van der Waals surface area contributed by atoms with Crippen molar-refractivity contribution in [1.82, 2.24) is 0 Å². The van der Waals surface area contributed by atoms with Crippen molar-refractivity contribution in [1.29, 1.82) is 0 Å². The van der Waals surface area contributed by atoms with E-state index < -0.39 is 0 Å². The molecule has 0 radical (unpaired) electrons. The predicted molar refractivity (Wildman–Crippen MR) is 93.4 cm³/mol. The first kappa shape index (κ1) is 15.0. The molecule has 0 aromatic heterocycles. The van der Waals surface area contributed by atoms with Crippen molar-refractivity contribution in [3.8, 4) is 22.3 Å². The number of methoxy groups -OCH3 is 1. The second-order valence-corrected chi connectivity index (χ2v) is 5.43. The van der Waals surface area contributed by atoms with Crippen molar-refractivity contribution < 1.29 is 9.53 Å². The van der Waals surface area contributed by atoms with Gasteiger partial charge in [0.2, 0.25) is 0 Å². The minimum atomic E-state index is -0.316. The van der Waals surface area contributed by atoms with E-state index in [2.05, 4.69) is 37.3 Å². The molecular weight excluding hydrogens is 284 g/mol. The van der Waals surface area contributed by atoms with E-state index in [1.807, 2.05) is 30.3 Å². The molecule has 2 heteroatoms. The van der Waals surface area contributed by atoms with E-state index in [9.17, 15) is 4.79 Å². The second kappa shape index (κ2) is 6.49. The van der Waals surface area contributed by atoms with Crippen LogP contribution in [-0.2, 0) is 4.74 Å². The number of benzene rings is 3. The first-order valence-electron chi connectivity index (χ1n) is 7.54. The summed E-state index contributed by atoms with van der Waals surface area (Å²) < 4.78 is 4.76. The van der Waals surface area contributed by atoms with Crippen molar-refractivity contribution in [2.24, 2.45) is 0 Å². The molecule has 0 amide bonds. The van der Waals surface area contributed by atoms with E-state index in [1.54, 1.807) is 12.1 Å². The van der Waals surface area contributed by atoms with Gasteiger partial charge in [0.05, 0.1) is 12.7 Å². The summed E-state index contributed by atoms with van der Waals surface area (Å²) in [5, 5.41) is 0. The molecule has 0 atom stereocenters. The summed E-state index contributed by atoms with van der Waals surface area (Å²) in [4.78, 5) is 11.6. The Balaban J connectivity index is 2.10. The number of carbonyl (C=O) groups excluding carboxylic acids is 1. The quantitative estimate of drug-likeness (QED) is 0.628. The van der Waals surface area contributed by atoms with Crippen LogP contribution in [0.3, 0.4) is 0 Å². The highest BCUT2D eigenvalue weighted by molar-refractivity contribution is 5.91. The number of ether oxygens (including phenoxy) is 1. The summed E-state index contributed by atoms with van der Waals surface area (Å²) in [6.07, 6.45) is 0. The number of rotatable bonds is 3. The molecule has 0 heterocycles. The first-order chi connectivity index (χ1) is 11.2. The van der Waals surface area contributed by atoms with Crippen molar-refractivity contribution >= 4 is 5.97 Å². The van der Waals surface area contributed by atoms with Gasteiger partial charge in [-0.1, -0.05) is 60.7 Å². The van der Waals surface area contributed by atoms with Gasteiger partial charge in [0.1, 0.15) is 0 Å². The maximum absolute atomic E-state index is 11.6. The summed E-state index contributed by atoms with van der Waals surface area (Å²) in [6.45, 7) is 2.12. The zero-order valence-corrected chi connectivity index (χ0v) is 13.2. The largest absolute Gasteiger partial charge is 0.465 e. The molecule has 0 spiro atoms. The second-order valence-electron chi connectivity index (χ2n) is 5.43. The van der Waals surface area contributed by atoms with E-state index >= 15 is 0 Å². The van der Waals surface area contributed by atoms with Gasteiger partial charge in [-0.3, -0.25) is 0 Å². The Morgan fingerprint density at radius 2 is 1.48 bits per heavy atom. The SMILES string of the molecule is COC(=O)c1ccc(-c2cccc(C)c2-c2ccccc2)cc1. The van der Waals surface area contributed by atoms with Crippen LogP contribution in [0.5, 0.6) is 0 Å². The molecular formula is C21H18O2. The molecule has 114 valence electrons. The maximum Gasteiger partial charge on any atom is 0.337 e. The van der Waals surface area contributed by atoms with Crippen molar-refractivity contribution in [2.75, 3.05) is 7.11 Å². The van der Waals surface area contributed by atoms with Gasteiger partial charge in [0, 0.05) is 0 Å². The summed E-state index contributed by atoms with van der Waals surface area (Å²) in [7, 11) is 1.39. The summed E-state index contributed by atoms with van der Waals surface area (Å²) in [6, 6.07) is 24.2. The highest BCUT2D eigenvalue weighted by atomic mass is 16.5. The van der Waals surface area contributed by atoms with Gasteiger partial charge >= 0.3 is 5.97 Å². The molecule has 2 nitrogen and oxygen atoms in total. The van der Waals surface area contributed by atoms with E-state index in [4.69, 9.17) is 4.74 Å². The molecule has 3 aromatic rings. The number of hydrogen-bond acceptors (Lipinski definition) is 2. The van der Waals surface area contributed by atoms with Crippen LogP contribution in [0.2, 0.25) is 0 Å². The molecule has 0 aliphatic rings. The molecule has 0 aliphatic heterocycles. The van der Waals surface area contributed by atoms with Gasteiger partial charge in [-0.2, -0.15) is 0 Å². The minimum Gasteiger partial charge on any atom is -0.465 e. The van der Waals surface area contributed by atoms with Crippen molar-refractivity contribution in [3.63, 3.8) is 0 Å². The Kier molecular flexibility index (Phi) is 4.24. The summed E-state index contributed by atoms with van der Waals surface area (Å²) in [5.74, 6) is -0.316. The zero-order chi connectivity index (χ0) is 16.2. The molecule has 3 rings (SSSR count). The normalized spacial score (nSPS) is 10.3. The Hall–Kier alpha value is -2.87. The highest BCUT2D eigenvalue weighted by Gasteiger charge is 2.11. The van der Waals surface area contributed by atoms with Gasteiger partial charge in [-0.05, 0) is 46.9 Å². The number of aryl methyl sites for hydroxylation is 1. The maximum atomic E-state index is 11.6. The summed E-state index contributed by atoms with van der Waals surface area (Å²) in [5.41, 5.74) is 6.44. The molecule has 0 fully saturated rings. The van der Waals surface area contributed by atoms with Crippen LogP contribution in [0.15, 0.2) is 72.8 Å². The number of hydrogen-bond donors (Lipinski definition) is 0. The third-order valence-electron chi connectivity index (χ3n) is 3.95. The molecule has 3 aromatic carbocycles. The van der Waals surface area contributed by atoms with Crippen LogP contribution in [-0.4, -0.2) is 13.1 Å². The molecule has 23 heavy (non-hydrogen) atoms. The van der Waals surface area contributed by atoms with Gasteiger partial charge in [0.15, 0.2) is 0 Å². The minimum absolute atomic E-state index is 0.316. The van der Waals surface area contributed by atoms with Crippen LogP contribution >= 0.6 is 0 Å². The van der Waals surface area contributed by atoms with E-state index in [-0.39, 0.29) is 5.97 Å². The van der Waals surface area contributed by atoms with Gasteiger partial charge in [-0.15, -0.1) is 0 Å². The van der Waals surface area contributed by atoms with Crippen LogP contribution in [0.25, 0.3) is 22.3 Å². The lowest BCUT2D eigenvalue weighted by Gasteiger charge is -2.13. The number of carbonyl (C=O) groups is 1. The van der Waals surface area contributed by atoms with E-state index in [1.165, 1.54) is 23.8 Å². The molecule has 0 aliphatic carbocycles. The molecule has 0 bridgehead atoms. The fourth-order valence-electron chi connectivity index (χ4n) is 2.80. The monoisotopic (exact) mass is 302 g/mol. The predicted octanol–water partition coefficient (Wildman–Crippen LogP) is 5.12. The van der Waals surface area contributed by atoms with Gasteiger partial charge < -0.3 is 4.74 Å².